The zero-order chi connectivity index (χ0) is 23.0. The number of amides is 1. The summed E-state index contributed by atoms with van der Waals surface area (Å²) in [6.07, 6.45) is 4.52. The molecule has 1 saturated carbocycles. The van der Waals surface area contributed by atoms with Gasteiger partial charge in [0.25, 0.3) is 5.91 Å². The molecule has 3 unspecified atom stereocenters. The Bertz CT molecular complexity index is 1430. The van der Waals surface area contributed by atoms with Crippen molar-refractivity contribution < 1.29 is 31.5 Å². The summed E-state index contributed by atoms with van der Waals surface area (Å²) >= 11 is 0. The molecule has 1 saturated heterocycles. The Labute approximate surface area is 210 Å². The number of para-hydroxylation sites is 1. The van der Waals surface area contributed by atoms with Crippen molar-refractivity contribution in [3.63, 3.8) is 0 Å². The number of aliphatic hydroxyl groups is 1. The molecule has 4 N–H and O–H groups in total. The summed E-state index contributed by atoms with van der Waals surface area (Å²) in [5.41, 5.74) is 10.3. The highest BCUT2D eigenvalue weighted by Gasteiger charge is 2.76. The molecule has 7 heteroatoms. The van der Waals surface area contributed by atoms with E-state index < -0.39 is 16.9 Å². The van der Waals surface area contributed by atoms with Crippen LogP contribution in [0.2, 0.25) is 0 Å². The molecule has 1 spiro atoms. The molecule has 1 amide bonds. The van der Waals surface area contributed by atoms with Gasteiger partial charge in [0.15, 0.2) is 6.10 Å². The molecule has 8 rings (SSSR count). The van der Waals surface area contributed by atoms with Crippen molar-refractivity contribution in [1.29, 1.82) is 0 Å². The van der Waals surface area contributed by atoms with Crippen molar-refractivity contribution in [3.05, 3.63) is 64.3 Å². The number of aromatic nitrogens is 1. The molecule has 5 atom stereocenters. The van der Waals surface area contributed by atoms with Crippen molar-refractivity contribution in [2.75, 3.05) is 20.1 Å². The van der Waals surface area contributed by atoms with E-state index >= 15 is 0 Å². The smallest absolute Gasteiger partial charge is 0.252 e. The number of nitrogens with zero attached hydrogens (tertiary/aromatic N) is 1. The van der Waals surface area contributed by atoms with Gasteiger partial charge < -0.3 is 37.5 Å². The first-order valence-corrected chi connectivity index (χ1v) is 12.6. The lowest BCUT2D eigenvalue weighted by Crippen LogP contribution is -3.00. The summed E-state index contributed by atoms with van der Waals surface area (Å²) in [5.74, 6) is 0.914. The number of likely N-dealkylation sites (N-methyl/N-ethyl adjacent to an activating group) is 1. The van der Waals surface area contributed by atoms with Gasteiger partial charge in [-0.1, -0.05) is 24.3 Å². The number of aromatic amines is 1. The molecule has 6 nitrogen and oxygen atoms in total. The maximum atomic E-state index is 13.0. The highest BCUT2D eigenvalue weighted by atomic mass is 35.5. The van der Waals surface area contributed by atoms with Crippen LogP contribution < -0.4 is 22.9 Å². The van der Waals surface area contributed by atoms with Crippen LogP contribution in [0.15, 0.2) is 36.4 Å². The van der Waals surface area contributed by atoms with Gasteiger partial charge in [-0.3, -0.25) is 4.79 Å². The molecule has 5 aliphatic rings. The molecule has 3 heterocycles. The summed E-state index contributed by atoms with van der Waals surface area (Å²) in [7, 11) is 2.37. The minimum Gasteiger partial charge on any atom is -1.00 e. The Kier molecular flexibility index (Phi) is 4.10. The van der Waals surface area contributed by atoms with Gasteiger partial charge >= 0.3 is 0 Å². The van der Waals surface area contributed by atoms with Gasteiger partial charge in [-0.15, -0.1) is 0 Å². The van der Waals surface area contributed by atoms with Crippen LogP contribution in [-0.2, 0) is 18.3 Å². The van der Waals surface area contributed by atoms with Gasteiger partial charge in [-0.05, 0) is 36.1 Å². The second-order valence-corrected chi connectivity index (χ2v) is 11.8. The van der Waals surface area contributed by atoms with Crippen molar-refractivity contribution >= 4 is 16.8 Å². The predicted molar refractivity (Wildman–Crippen MR) is 128 cm³/mol. The van der Waals surface area contributed by atoms with Crippen molar-refractivity contribution in [2.24, 2.45) is 11.7 Å². The van der Waals surface area contributed by atoms with Gasteiger partial charge in [0, 0.05) is 41.6 Å². The second kappa shape index (κ2) is 6.61. The molecule has 2 bridgehead atoms. The Morgan fingerprint density at radius 3 is 2.83 bits per heavy atom. The molecule has 2 fully saturated rings. The number of carbonyl (C=O) groups is 1. The zero-order valence-corrected chi connectivity index (χ0v) is 20.6. The number of hydrogen-bond donors (Lipinski definition) is 3. The number of hydrogen-bond acceptors (Lipinski definition) is 3. The van der Waals surface area contributed by atoms with Gasteiger partial charge in [0.1, 0.15) is 17.4 Å². The molecule has 0 radical (unpaired) electrons. The number of nitrogens with two attached hydrogens (primary N) is 1. The fourth-order valence-electron chi connectivity index (χ4n) is 8.46. The number of carbonyl (C=O) groups excluding carboxylic acids is 1. The van der Waals surface area contributed by atoms with Crippen LogP contribution in [0.5, 0.6) is 5.75 Å². The first-order valence-electron chi connectivity index (χ1n) is 12.6. The minimum absolute atomic E-state index is 0. The summed E-state index contributed by atoms with van der Waals surface area (Å²) in [5, 5.41) is 14.2. The normalized spacial score (nSPS) is 35.6. The highest BCUT2D eigenvalue weighted by Crippen LogP contribution is 2.69. The third-order valence-electron chi connectivity index (χ3n) is 10.1. The van der Waals surface area contributed by atoms with Crippen molar-refractivity contribution in [2.45, 2.75) is 55.3 Å². The zero-order valence-electron chi connectivity index (χ0n) is 19.8. The number of nitrogens with one attached hydrogen (secondary N) is 1. The lowest BCUT2D eigenvalue weighted by atomic mass is 9.48. The molecule has 1 aromatic heterocycles. The van der Waals surface area contributed by atoms with E-state index in [0.29, 0.717) is 17.7 Å². The van der Waals surface area contributed by atoms with Gasteiger partial charge in [-0.25, -0.2) is 0 Å². The first-order chi connectivity index (χ1) is 16.4. The molecule has 35 heavy (non-hydrogen) atoms. The first kappa shape index (κ1) is 21.7. The summed E-state index contributed by atoms with van der Waals surface area (Å²) < 4.78 is 7.67. The Balaban J connectivity index is 0.00000210. The third-order valence-corrected chi connectivity index (χ3v) is 10.1. The molecular formula is C28H30ClN3O3. The molecule has 3 aromatic rings. The molecular weight excluding hydrogens is 462 g/mol. The van der Waals surface area contributed by atoms with E-state index in [-0.39, 0.29) is 24.6 Å². The SMILES string of the molecule is C[N@@+]1(CC2CC2)CCC23c4c5ccc(C(N)=O)c4OC2c2[nH]c4ccccc4c2C[C@@]3(O)C1C5.[Cl-]. The van der Waals surface area contributed by atoms with Crippen molar-refractivity contribution in [1.82, 2.24) is 4.98 Å². The maximum Gasteiger partial charge on any atom is 0.252 e. The second-order valence-electron chi connectivity index (χ2n) is 11.8. The molecule has 182 valence electrons. The summed E-state index contributed by atoms with van der Waals surface area (Å²) in [4.78, 5) is 16.1. The largest absolute Gasteiger partial charge is 1.00 e. The lowest BCUT2D eigenvalue weighted by molar-refractivity contribution is -0.950. The van der Waals surface area contributed by atoms with Crippen LogP contribution in [0.1, 0.15) is 58.1 Å². The summed E-state index contributed by atoms with van der Waals surface area (Å²) in [6.45, 7) is 2.15. The number of halogens is 1. The quantitative estimate of drug-likeness (QED) is 0.455. The van der Waals surface area contributed by atoms with Crippen LogP contribution in [0.25, 0.3) is 10.9 Å². The number of quaternary nitrogens is 1. The molecule has 2 aromatic carbocycles. The van der Waals surface area contributed by atoms with Crippen LogP contribution in [-0.4, -0.2) is 52.3 Å². The Hall–Kier alpha value is -2.54. The average Bonchev–Trinajstić information content (AvgIpc) is 3.43. The highest BCUT2D eigenvalue weighted by molar-refractivity contribution is 5.97. The van der Waals surface area contributed by atoms with E-state index in [0.717, 1.165) is 58.5 Å². The monoisotopic (exact) mass is 491 g/mol. The standard InChI is InChI=1S/C28H29N3O3.ClH/c1-31(14-15-6-7-15)11-10-27-22-16-8-9-18(26(29)32)24(22)34-25(27)23-19(13-28(27,33)21(31)12-16)17-4-2-3-5-20(17)30-23;/h2-5,8-9,15,21,25,30,33H,6-7,10-14H2,1H3,(H-,29,32);1H/t21?,25?,27?,28-,31+;/m1./s1. The predicted octanol–water partition coefficient (Wildman–Crippen LogP) is 0.115. The van der Waals surface area contributed by atoms with E-state index in [4.69, 9.17) is 10.5 Å². The number of rotatable bonds is 3. The van der Waals surface area contributed by atoms with E-state index in [2.05, 4.69) is 36.3 Å². The summed E-state index contributed by atoms with van der Waals surface area (Å²) in [6, 6.07) is 12.3. The van der Waals surface area contributed by atoms with E-state index in [1.807, 2.05) is 12.1 Å². The fraction of sp³-hybridized carbons (Fsp3) is 0.464. The van der Waals surface area contributed by atoms with Gasteiger partial charge in [0.2, 0.25) is 0 Å². The number of primary amides is 1. The number of piperidine rings is 1. The third kappa shape index (κ3) is 2.41. The molecule has 3 aliphatic carbocycles. The number of H-pyrrole nitrogens is 1. The van der Waals surface area contributed by atoms with E-state index in [1.54, 1.807) is 0 Å². The Morgan fingerprint density at radius 1 is 1.26 bits per heavy atom. The number of fused-ring (bicyclic) bond motifs is 4. The van der Waals surface area contributed by atoms with Crippen LogP contribution in [0.4, 0.5) is 0 Å². The number of likely N-dealkylation sites (tertiary alicyclic amines) is 1. The van der Waals surface area contributed by atoms with Crippen LogP contribution in [0.3, 0.4) is 0 Å². The number of ether oxygens (including phenoxy) is 1. The van der Waals surface area contributed by atoms with Gasteiger partial charge in [0.05, 0.1) is 36.8 Å². The van der Waals surface area contributed by atoms with Gasteiger partial charge in [-0.2, -0.15) is 0 Å². The fourth-order valence-corrected chi connectivity index (χ4v) is 8.46. The molecule has 2 aliphatic heterocycles. The lowest BCUT2D eigenvalue weighted by Gasteiger charge is -2.64. The maximum absolute atomic E-state index is 13.0. The number of benzene rings is 2. The Morgan fingerprint density at radius 2 is 2.06 bits per heavy atom. The van der Waals surface area contributed by atoms with Crippen LogP contribution in [0, 0.1) is 5.92 Å². The van der Waals surface area contributed by atoms with E-state index in [1.165, 1.54) is 24.0 Å². The minimum atomic E-state index is -0.952. The average molecular weight is 492 g/mol. The van der Waals surface area contributed by atoms with E-state index in [9.17, 15) is 9.90 Å². The van der Waals surface area contributed by atoms with Crippen molar-refractivity contribution in [3.8, 4) is 5.75 Å². The topological polar surface area (TPSA) is 88.3 Å². The van der Waals surface area contributed by atoms with Crippen LogP contribution >= 0.6 is 0 Å².